The van der Waals surface area contributed by atoms with E-state index in [-0.39, 0.29) is 5.92 Å². The molecule has 1 unspecified atom stereocenters. The van der Waals surface area contributed by atoms with Crippen LogP contribution in [-0.4, -0.2) is 29.9 Å². The van der Waals surface area contributed by atoms with E-state index in [1.807, 2.05) is 0 Å². The number of hydrogen-bond donors (Lipinski definition) is 1. The number of hydrogen-bond acceptors (Lipinski definition) is 5. The van der Waals surface area contributed by atoms with Gasteiger partial charge >= 0.3 is 0 Å². The van der Waals surface area contributed by atoms with E-state index in [2.05, 4.69) is 24.0 Å². The van der Waals surface area contributed by atoms with Gasteiger partial charge in [0.05, 0.1) is 5.92 Å². The maximum Gasteiger partial charge on any atom is 0.231 e. The maximum absolute atomic E-state index is 5.75. The number of rotatable bonds is 4. The Morgan fingerprint density at radius 1 is 1.35 bits per heavy atom. The van der Waals surface area contributed by atoms with Gasteiger partial charge in [-0.15, -0.1) is 0 Å². The molecule has 1 aromatic rings. The first kappa shape index (κ1) is 12.5. The van der Waals surface area contributed by atoms with Gasteiger partial charge in [-0.1, -0.05) is 19.0 Å². The molecule has 0 radical (unpaired) electrons. The molecule has 0 aliphatic carbocycles. The summed E-state index contributed by atoms with van der Waals surface area (Å²) >= 11 is 0. The molecular weight excluding hydrogens is 218 g/mol. The Morgan fingerprint density at radius 2 is 2.06 bits per heavy atom. The molecule has 96 valence electrons. The molecule has 0 spiro atoms. The summed E-state index contributed by atoms with van der Waals surface area (Å²) in [6.07, 6.45) is 1.96. The highest BCUT2D eigenvalue weighted by Crippen LogP contribution is 2.27. The van der Waals surface area contributed by atoms with Crippen LogP contribution >= 0.6 is 0 Å². The highest BCUT2D eigenvalue weighted by atomic mass is 16.5. The quantitative estimate of drug-likeness (QED) is 0.865. The predicted octanol–water partition coefficient (Wildman–Crippen LogP) is 1.66. The lowest BCUT2D eigenvalue weighted by atomic mass is 9.95. The van der Waals surface area contributed by atoms with Gasteiger partial charge in [-0.25, -0.2) is 0 Å². The average molecular weight is 239 g/mol. The summed E-state index contributed by atoms with van der Waals surface area (Å²) in [7, 11) is 0. The van der Waals surface area contributed by atoms with Crippen molar-refractivity contribution in [2.45, 2.75) is 38.5 Å². The van der Waals surface area contributed by atoms with E-state index in [0.717, 1.165) is 31.9 Å². The Labute approximate surface area is 102 Å². The molecule has 17 heavy (non-hydrogen) atoms. The standard InChI is InChI=1S/C12H21N3O2/c1-8(2)10(7-13)12-14-11(15-17-12)9-3-5-16-6-4-9/h8-10H,3-7,13H2,1-2H3. The van der Waals surface area contributed by atoms with E-state index in [9.17, 15) is 0 Å². The first-order valence-electron chi connectivity index (χ1n) is 6.33. The van der Waals surface area contributed by atoms with Crippen molar-refractivity contribution >= 4 is 0 Å². The third-order valence-electron chi connectivity index (χ3n) is 3.42. The Bertz CT molecular complexity index is 345. The van der Waals surface area contributed by atoms with E-state index in [4.69, 9.17) is 15.0 Å². The van der Waals surface area contributed by atoms with Crippen molar-refractivity contribution in [2.24, 2.45) is 11.7 Å². The van der Waals surface area contributed by atoms with Crippen LogP contribution < -0.4 is 5.73 Å². The fraction of sp³-hybridized carbons (Fsp3) is 0.833. The molecule has 2 heterocycles. The zero-order chi connectivity index (χ0) is 12.3. The number of nitrogens with two attached hydrogens (primary N) is 1. The Hall–Kier alpha value is -0.940. The summed E-state index contributed by atoms with van der Waals surface area (Å²) in [5.41, 5.74) is 5.75. The first-order chi connectivity index (χ1) is 8.22. The van der Waals surface area contributed by atoms with Crippen LogP contribution in [0, 0.1) is 5.92 Å². The SMILES string of the molecule is CC(C)C(CN)c1nc(C2CCOCC2)no1. The van der Waals surface area contributed by atoms with Crippen molar-refractivity contribution in [2.75, 3.05) is 19.8 Å². The highest BCUT2D eigenvalue weighted by molar-refractivity contribution is 5.01. The van der Waals surface area contributed by atoms with Crippen molar-refractivity contribution in [1.82, 2.24) is 10.1 Å². The number of nitrogens with zero attached hydrogens (tertiary/aromatic N) is 2. The monoisotopic (exact) mass is 239 g/mol. The summed E-state index contributed by atoms with van der Waals surface area (Å²) in [4.78, 5) is 4.51. The fourth-order valence-electron chi connectivity index (χ4n) is 2.18. The normalized spacial score (nSPS) is 19.8. The minimum atomic E-state index is 0.163. The molecule has 5 nitrogen and oxygen atoms in total. The van der Waals surface area contributed by atoms with Gasteiger partial charge in [-0.05, 0) is 18.8 Å². The minimum Gasteiger partial charge on any atom is -0.381 e. The van der Waals surface area contributed by atoms with Crippen LogP contribution in [0.1, 0.15) is 50.2 Å². The van der Waals surface area contributed by atoms with Crippen molar-refractivity contribution in [1.29, 1.82) is 0 Å². The molecular formula is C12H21N3O2. The first-order valence-corrected chi connectivity index (χ1v) is 6.33. The third kappa shape index (κ3) is 2.84. The molecule has 2 rings (SSSR count). The lowest BCUT2D eigenvalue weighted by Crippen LogP contribution is -2.19. The van der Waals surface area contributed by atoms with Gasteiger partial charge in [0, 0.05) is 25.7 Å². The van der Waals surface area contributed by atoms with Gasteiger partial charge in [0.1, 0.15) is 0 Å². The van der Waals surface area contributed by atoms with Gasteiger partial charge in [0.25, 0.3) is 0 Å². The van der Waals surface area contributed by atoms with Crippen molar-refractivity contribution in [3.63, 3.8) is 0 Å². The van der Waals surface area contributed by atoms with Gasteiger partial charge < -0.3 is 15.0 Å². The molecule has 1 saturated heterocycles. The Balaban J connectivity index is 2.08. The second-order valence-corrected chi connectivity index (χ2v) is 4.96. The van der Waals surface area contributed by atoms with E-state index >= 15 is 0 Å². The highest BCUT2D eigenvalue weighted by Gasteiger charge is 2.25. The van der Waals surface area contributed by atoms with Gasteiger partial charge in [-0.3, -0.25) is 0 Å². The summed E-state index contributed by atoms with van der Waals surface area (Å²) < 4.78 is 10.7. The molecule has 0 amide bonds. The second kappa shape index (κ2) is 5.60. The lowest BCUT2D eigenvalue weighted by molar-refractivity contribution is 0.0830. The largest absolute Gasteiger partial charge is 0.381 e. The molecule has 1 aromatic heterocycles. The lowest BCUT2D eigenvalue weighted by Gasteiger charge is -2.18. The minimum absolute atomic E-state index is 0.163. The smallest absolute Gasteiger partial charge is 0.231 e. The summed E-state index contributed by atoms with van der Waals surface area (Å²) in [5, 5.41) is 4.09. The maximum atomic E-state index is 5.75. The van der Waals surface area contributed by atoms with Crippen molar-refractivity contribution < 1.29 is 9.26 Å². The van der Waals surface area contributed by atoms with Crippen LogP contribution in [0.5, 0.6) is 0 Å². The van der Waals surface area contributed by atoms with Crippen LogP contribution in [0.3, 0.4) is 0 Å². The average Bonchev–Trinajstić information content (AvgIpc) is 2.80. The summed E-state index contributed by atoms with van der Waals surface area (Å²) in [6, 6.07) is 0. The molecule has 0 aromatic carbocycles. The van der Waals surface area contributed by atoms with Crippen LogP contribution in [0.4, 0.5) is 0 Å². The van der Waals surface area contributed by atoms with E-state index < -0.39 is 0 Å². The predicted molar refractivity (Wildman–Crippen MR) is 63.7 cm³/mol. The summed E-state index contributed by atoms with van der Waals surface area (Å²) in [6.45, 7) is 6.37. The Morgan fingerprint density at radius 3 is 2.65 bits per heavy atom. The van der Waals surface area contributed by atoms with Crippen LogP contribution in [0.25, 0.3) is 0 Å². The van der Waals surface area contributed by atoms with E-state index in [1.165, 1.54) is 0 Å². The van der Waals surface area contributed by atoms with E-state index in [1.54, 1.807) is 0 Å². The number of ether oxygens (including phenoxy) is 1. The zero-order valence-corrected chi connectivity index (χ0v) is 10.6. The fourth-order valence-corrected chi connectivity index (χ4v) is 2.18. The molecule has 0 bridgehead atoms. The zero-order valence-electron chi connectivity index (χ0n) is 10.6. The molecule has 2 N–H and O–H groups in total. The van der Waals surface area contributed by atoms with Crippen LogP contribution in [0.15, 0.2) is 4.52 Å². The molecule has 1 aliphatic heterocycles. The van der Waals surface area contributed by atoms with Crippen molar-refractivity contribution in [3.05, 3.63) is 11.7 Å². The summed E-state index contributed by atoms with van der Waals surface area (Å²) in [5.74, 6) is 2.47. The van der Waals surface area contributed by atoms with Crippen molar-refractivity contribution in [3.8, 4) is 0 Å². The van der Waals surface area contributed by atoms with Gasteiger partial charge in [0.15, 0.2) is 5.82 Å². The number of aromatic nitrogens is 2. The molecule has 0 saturated carbocycles. The van der Waals surface area contributed by atoms with Crippen LogP contribution in [0.2, 0.25) is 0 Å². The van der Waals surface area contributed by atoms with Crippen LogP contribution in [-0.2, 0) is 4.74 Å². The molecule has 1 aliphatic rings. The van der Waals surface area contributed by atoms with Gasteiger partial charge in [-0.2, -0.15) is 4.98 Å². The van der Waals surface area contributed by atoms with Gasteiger partial charge in [0.2, 0.25) is 5.89 Å². The third-order valence-corrected chi connectivity index (χ3v) is 3.42. The Kier molecular flexibility index (Phi) is 4.12. The molecule has 1 fully saturated rings. The van der Waals surface area contributed by atoms with E-state index in [0.29, 0.717) is 24.3 Å². The second-order valence-electron chi connectivity index (χ2n) is 4.96. The topological polar surface area (TPSA) is 74.2 Å². The molecule has 1 atom stereocenters. The molecule has 5 heteroatoms.